The summed E-state index contributed by atoms with van der Waals surface area (Å²) in [5, 5.41) is 4.90. The lowest BCUT2D eigenvalue weighted by molar-refractivity contribution is 0.741. The molecule has 0 aliphatic rings. The summed E-state index contributed by atoms with van der Waals surface area (Å²) in [6, 6.07) is 12.5. The molecule has 88 valence electrons. The van der Waals surface area contributed by atoms with Crippen LogP contribution >= 0.6 is 0 Å². The Labute approximate surface area is 103 Å². The lowest BCUT2D eigenvalue weighted by atomic mass is 10.2. The van der Waals surface area contributed by atoms with Crippen molar-refractivity contribution in [2.75, 3.05) is 5.43 Å². The van der Waals surface area contributed by atoms with Gasteiger partial charge in [0.05, 0.1) is 11.2 Å². The van der Waals surface area contributed by atoms with Crippen molar-refractivity contribution in [1.29, 1.82) is 0 Å². The lowest BCUT2D eigenvalue weighted by Crippen LogP contribution is -2.27. The summed E-state index contributed by atoms with van der Waals surface area (Å²) in [6.07, 6.45) is 3.29. The average Bonchev–Trinajstić information content (AvgIpc) is 2.42. The molecule has 3 rings (SSSR count). The molecule has 0 fully saturated rings. The van der Waals surface area contributed by atoms with E-state index < -0.39 is 0 Å². The summed E-state index contributed by atoms with van der Waals surface area (Å²) in [6.45, 7) is 0. The minimum absolute atomic E-state index is 0.210. The number of anilines is 1. The maximum Gasteiger partial charge on any atom is 0.286 e. The number of nitrogens with one attached hydrogen (secondary N) is 1. The van der Waals surface area contributed by atoms with Gasteiger partial charge in [0.25, 0.3) is 5.56 Å². The van der Waals surface area contributed by atoms with Gasteiger partial charge in [-0.2, -0.15) is 5.10 Å². The first-order valence-electron chi connectivity index (χ1n) is 5.50. The van der Waals surface area contributed by atoms with Crippen molar-refractivity contribution in [2.45, 2.75) is 0 Å². The molecule has 0 atom stereocenters. The molecule has 18 heavy (non-hydrogen) atoms. The normalized spacial score (nSPS) is 10.4. The molecule has 0 bridgehead atoms. The van der Waals surface area contributed by atoms with Crippen molar-refractivity contribution in [3.05, 3.63) is 65.2 Å². The van der Waals surface area contributed by atoms with Gasteiger partial charge in [0.15, 0.2) is 0 Å². The molecule has 2 aromatic heterocycles. The Morgan fingerprint density at radius 1 is 1.00 bits per heavy atom. The van der Waals surface area contributed by atoms with Crippen molar-refractivity contribution < 1.29 is 0 Å². The van der Waals surface area contributed by atoms with E-state index in [4.69, 9.17) is 0 Å². The number of nitrogens with zero attached hydrogens (tertiary/aromatic N) is 3. The maximum absolute atomic E-state index is 11.6. The summed E-state index contributed by atoms with van der Waals surface area (Å²) >= 11 is 0. The molecule has 1 N–H and O–H groups in total. The van der Waals surface area contributed by atoms with Crippen molar-refractivity contribution in [3.8, 4) is 0 Å². The number of benzene rings is 1. The van der Waals surface area contributed by atoms with Crippen molar-refractivity contribution in [2.24, 2.45) is 0 Å². The van der Waals surface area contributed by atoms with E-state index in [2.05, 4.69) is 15.5 Å². The van der Waals surface area contributed by atoms with Gasteiger partial charge in [-0.25, -0.2) is 0 Å². The summed E-state index contributed by atoms with van der Waals surface area (Å²) < 4.78 is 0. The summed E-state index contributed by atoms with van der Waals surface area (Å²) in [5.41, 5.74) is 4.42. The number of hydrogen-bond donors (Lipinski definition) is 1. The van der Waals surface area contributed by atoms with E-state index >= 15 is 0 Å². The first kappa shape index (κ1) is 10.5. The maximum atomic E-state index is 11.6. The highest BCUT2D eigenvalue weighted by Crippen LogP contribution is 2.20. The van der Waals surface area contributed by atoms with Crippen LogP contribution in [0.3, 0.4) is 0 Å². The predicted molar refractivity (Wildman–Crippen MR) is 69.3 cm³/mol. The van der Waals surface area contributed by atoms with Crippen LogP contribution in [0.2, 0.25) is 0 Å². The molecule has 0 aliphatic heterocycles. The minimum atomic E-state index is -0.210. The molecule has 0 spiro atoms. The molecular formula is C13H10N4O. The fourth-order valence-corrected chi connectivity index (χ4v) is 1.76. The third kappa shape index (κ3) is 1.82. The highest BCUT2D eigenvalue weighted by Gasteiger charge is 2.02. The standard InChI is InChI=1S/C13H10N4O/c18-13-7-3-9-15-17(13)16-12-6-1-5-11-10(12)4-2-8-14-11/h1-9,16H. The van der Waals surface area contributed by atoms with Crippen LogP contribution in [0, 0.1) is 0 Å². The monoisotopic (exact) mass is 238 g/mol. The van der Waals surface area contributed by atoms with Gasteiger partial charge < -0.3 is 0 Å². The molecule has 3 aromatic rings. The smallest absolute Gasteiger partial charge is 0.274 e. The van der Waals surface area contributed by atoms with E-state index in [9.17, 15) is 4.79 Å². The van der Waals surface area contributed by atoms with Crippen LogP contribution in [0.4, 0.5) is 5.69 Å². The molecule has 0 aliphatic carbocycles. The van der Waals surface area contributed by atoms with E-state index in [0.29, 0.717) is 0 Å². The van der Waals surface area contributed by atoms with Gasteiger partial charge in [0.2, 0.25) is 0 Å². The molecule has 5 nitrogen and oxygen atoms in total. The van der Waals surface area contributed by atoms with Crippen LogP contribution in [-0.4, -0.2) is 14.9 Å². The van der Waals surface area contributed by atoms with E-state index in [1.165, 1.54) is 10.9 Å². The van der Waals surface area contributed by atoms with Crippen molar-refractivity contribution >= 4 is 16.6 Å². The highest BCUT2D eigenvalue weighted by molar-refractivity contribution is 5.90. The molecule has 0 amide bonds. The summed E-state index contributed by atoms with van der Waals surface area (Å²) in [4.78, 5) is 17.0. The Kier molecular flexibility index (Phi) is 2.49. The number of pyridine rings is 1. The molecule has 0 saturated heterocycles. The first-order valence-corrected chi connectivity index (χ1v) is 5.50. The topological polar surface area (TPSA) is 59.8 Å². The van der Waals surface area contributed by atoms with Crippen LogP contribution in [0.5, 0.6) is 0 Å². The van der Waals surface area contributed by atoms with Crippen LogP contribution in [0.25, 0.3) is 10.9 Å². The largest absolute Gasteiger partial charge is 0.286 e. The van der Waals surface area contributed by atoms with Crippen molar-refractivity contribution in [3.63, 3.8) is 0 Å². The van der Waals surface area contributed by atoms with E-state index in [1.807, 2.05) is 30.3 Å². The van der Waals surface area contributed by atoms with Gasteiger partial charge in [-0.05, 0) is 30.3 Å². The molecule has 0 unspecified atom stereocenters. The van der Waals surface area contributed by atoms with Gasteiger partial charge in [-0.3, -0.25) is 15.2 Å². The Bertz CT molecular complexity index is 746. The van der Waals surface area contributed by atoms with E-state index in [0.717, 1.165) is 16.6 Å². The second-order valence-corrected chi connectivity index (χ2v) is 3.76. The highest BCUT2D eigenvalue weighted by atomic mass is 16.1. The van der Waals surface area contributed by atoms with Crippen LogP contribution < -0.4 is 11.0 Å². The number of fused-ring (bicyclic) bond motifs is 1. The summed E-state index contributed by atoms with van der Waals surface area (Å²) in [5.74, 6) is 0. The number of aromatic nitrogens is 3. The van der Waals surface area contributed by atoms with Gasteiger partial charge in [0, 0.05) is 23.8 Å². The van der Waals surface area contributed by atoms with Gasteiger partial charge in [-0.15, -0.1) is 4.79 Å². The van der Waals surface area contributed by atoms with Crippen LogP contribution in [0.15, 0.2) is 59.7 Å². The minimum Gasteiger partial charge on any atom is -0.274 e. The van der Waals surface area contributed by atoms with E-state index in [1.54, 1.807) is 18.5 Å². The fraction of sp³-hybridized carbons (Fsp3) is 0. The van der Waals surface area contributed by atoms with Crippen LogP contribution in [0.1, 0.15) is 0 Å². The molecule has 5 heteroatoms. The van der Waals surface area contributed by atoms with Crippen LogP contribution in [-0.2, 0) is 0 Å². The lowest BCUT2D eigenvalue weighted by Gasteiger charge is -2.09. The Morgan fingerprint density at radius 2 is 1.89 bits per heavy atom. The fourth-order valence-electron chi connectivity index (χ4n) is 1.76. The molecule has 2 heterocycles. The Balaban J connectivity index is 2.11. The third-order valence-corrected chi connectivity index (χ3v) is 2.59. The first-order chi connectivity index (χ1) is 8.84. The molecule has 0 saturated carbocycles. The molecule has 1 aromatic carbocycles. The number of hydrogen-bond acceptors (Lipinski definition) is 4. The van der Waals surface area contributed by atoms with Gasteiger partial charge in [0.1, 0.15) is 0 Å². The summed E-state index contributed by atoms with van der Waals surface area (Å²) in [7, 11) is 0. The zero-order valence-corrected chi connectivity index (χ0v) is 9.45. The van der Waals surface area contributed by atoms with E-state index in [-0.39, 0.29) is 5.56 Å². The SMILES string of the molecule is O=c1cccnn1Nc1cccc2ncccc12. The zero-order valence-electron chi connectivity index (χ0n) is 9.45. The Hall–Kier alpha value is -2.69. The number of rotatable bonds is 2. The van der Waals surface area contributed by atoms with Gasteiger partial charge >= 0.3 is 0 Å². The quantitative estimate of drug-likeness (QED) is 0.737. The second kappa shape index (κ2) is 4.29. The third-order valence-electron chi connectivity index (χ3n) is 2.59. The average molecular weight is 238 g/mol. The Morgan fingerprint density at radius 3 is 2.78 bits per heavy atom. The van der Waals surface area contributed by atoms with Crippen molar-refractivity contribution in [1.82, 2.24) is 14.9 Å². The second-order valence-electron chi connectivity index (χ2n) is 3.76. The zero-order chi connectivity index (χ0) is 12.4. The molecular weight excluding hydrogens is 228 g/mol. The predicted octanol–water partition coefficient (Wildman–Crippen LogP) is 1.67. The van der Waals surface area contributed by atoms with Gasteiger partial charge in [-0.1, -0.05) is 6.07 Å². The molecule has 0 radical (unpaired) electrons.